The van der Waals surface area contributed by atoms with E-state index in [0.29, 0.717) is 5.06 Å². The predicted octanol–water partition coefficient (Wildman–Crippen LogP) is 0.0328. The third kappa shape index (κ3) is 4.32. The summed E-state index contributed by atoms with van der Waals surface area (Å²) in [5, 5.41) is 9.14. The van der Waals surface area contributed by atoms with Crippen LogP contribution in [-0.2, 0) is 21.0 Å². The Morgan fingerprint density at radius 1 is 1.37 bits per heavy atom. The number of carbonyl (C=O) groups excluding carboxylic acids is 2. The lowest BCUT2D eigenvalue weighted by atomic mass is 10.2. The van der Waals surface area contributed by atoms with Gasteiger partial charge in [0.1, 0.15) is 12.6 Å². The van der Waals surface area contributed by atoms with Gasteiger partial charge in [-0.2, -0.15) is 0 Å². The fraction of sp³-hybridized carbons (Fsp3) is 0.333. The highest BCUT2D eigenvalue weighted by atomic mass is 16.7. The van der Waals surface area contributed by atoms with E-state index in [9.17, 15) is 9.59 Å². The van der Waals surface area contributed by atoms with Gasteiger partial charge in [-0.25, -0.2) is 4.79 Å². The third-order valence-electron chi connectivity index (χ3n) is 2.27. The molecule has 7 nitrogen and oxygen atoms in total. The van der Waals surface area contributed by atoms with Crippen LogP contribution >= 0.6 is 0 Å². The molecule has 0 spiro atoms. The van der Waals surface area contributed by atoms with Crippen LogP contribution in [0.3, 0.4) is 0 Å². The Bertz CT molecular complexity index is 423. The summed E-state index contributed by atoms with van der Waals surface area (Å²) in [5.74, 6) is -0.872. The molecule has 104 valence electrons. The van der Waals surface area contributed by atoms with Gasteiger partial charge in [-0.05, 0) is 5.56 Å². The van der Waals surface area contributed by atoms with Crippen molar-refractivity contribution in [2.24, 2.45) is 5.73 Å². The number of ether oxygens (including phenoxy) is 1. The summed E-state index contributed by atoms with van der Waals surface area (Å²) in [6.07, 6.45) is -0.986. The highest BCUT2D eigenvalue weighted by Crippen LogP contribution is 2.04. The Labute approximate surface area is 110 Å². The molecule has 3 N–H and O–H groups in total. The van der Waals surface area contributed by atoms with Crippen molar-refractivity contribution in [2.75, 3.05) is 13.7 Å². The van der Waals surface area contributed by atoms with E-state index in [1.807, 2.05) is 6.07 Å². The zero-order valence-electron chi connectivity index (χ0n) is 10.5. The van der Waals surface area contributed by atoms with Crippen molar-refractivity contribution in [2.45, 2.75) is 12.6 Å². The Morgan fingerprint density at radius 2 is 2.00 bits per heavy atom. The molecule has 0 saturated heterocycles. The highest BCUT2D eigenvalue weighted by Gasteiger charge is 2.28. The van der Waals surface area contributed by atoms with Crippen LogP contribution in [0, 0.1) is 0 Å². The number of nitrogens with zero attached hydrogens (tertiary/aromatic N) is 1. The lowest BCUT2D eigenvalue weighted by Gasteiger charge is -2.19. The summed E-state index contributed by atoms with van der Waals surface area (Å²) >= 11 is 0. The molecule has 2 amide bonds. The van der Waals surface area contributed by atoms with E-state index in [0.717, 1.165) is 12.7 Å². The Kier molecular flexibility index (Phi) is 5.94. The number of imide groups is 1. The molecule has 0 aliphatic carbocycles. The quantitative estimate of drug-likeness (QED) is 0.731. The molecule has 0 aliphatic rings. The first-order chi connectivity index (χ1) is 9.10. The van der Waals surface area contributed by atoms with Gasteiger partial charge in [0.25, 0.3) is 5.91 Å². The van der Waals surface area contributed by atoms with Crippen LogP contribution in [0.2, 0.25) is 0 Å². The van der Waals surface area contributed by atoms with Gasteiger partial charge in [0, 0.05) is 0 Å². The molecule has 1 aromatic rings. The summed E-state index contributed by atoms with van der Waals surface area (Å²) in [6, 6.07) is 7.73. The maximum atomic E-state index is 11.6. The molecule has 19 heavy (non-hydrogen) atoms. The van der Waals surface area contributed by atoms with E-state index in [1.165, 1.54) is 0 Å². The number of amides is 2. The van der Waals surface area contributed by atoms with Gasteiger partial charge >= 0.3 is 6.09 Å². The van der Waals surface area contributed by atoms with Gasteiger partial charge in [0.05, 0.1) is 13.7 Å². The second-order valence-electron chi connectivity index (χ2n) is 3.64. The second-order valence-corrected chi connectivity index (χ2v) is 3.64. The minimum atomic E-state index is -1.23. The second kappa shape index (κ2) is 7.47. The first kappa shape index (κ1) is 15.1. The number of hydrogen-bond acceptors (Lipinski definition) is 6. The van der Waals surface area contributed by atoms with E-state index in [1.54, 1.807) is 24.3 Å². The van der Waals surface area contributed by atoms with Crippen molar-refractivity contribution in [1.29, 1.82) is 0 Å². The molecule has 7 heteroatoms. The molecule has 1 atom stereocenters. The number of aliphatic hydroxyl groups excluding tert-OH is 1. The molecular formula is C12H16N2O5. The summed E-state index contributed by atoms with van der Waals surface area (Å²) in [7, 11) is 1.13. The van der Waals surface area contributed by atoms with Crippen LogP contribution in [0.25, 0.3) is 0 Å². The summed E-state index contributed by atoms with van der Waals surface area (Å²) in [6.45, 7) is -0.591. The number of benzene rings is 1. The number of carbonyl (C=O) groups is 2. The van der Waals surface area contributed by atoms with Crippen LogP contribution < -0.4 is 5.73 Å². The number of nitrogens with two attached hydrogens (primary N) is 1. The van der Waals surface area contributed by atoms with Gasteiger partial charge in [0.15, 0.2) is 0 Å². The van der Waals surface area contributed by atoms with Crippen LogP contribution in [0.4, 0.5) is 4.79 Å². The normalized spacial score (nSPS) is 11.7. The molecule has 0 heterocycles. The topological polar surface area (TPSA) is 102 Å². The number of rotatable bonds is 5. The molecular weight excluding hydrogens is 252 g/mol. The molecule has 1 aromatic carbocycles. The van der Waals surface area contributed by atoms with E-state index < -0.39 is 24.6 Å². The maximum Gasteiger partial charge on any atom is 0.441 e. The van der Waals surface area contributed by atoms with E-state index in [-0.39, 0.29) is 6.61 Å². The van der Waals surface area contributed by atoms with E-state index in [2.05, 4.69) is 4.84 Å². The molecule has 0 bridgehead atoms. The molecule has 0 aliphatic heterocycles. The van der Waals surface area contributed by atoms with Crippen molar-refractivity contribution in [3.05, 3.63) is 35.9 Å². The number of hydrogen-bond donors (Lipinski definition) is 2. The van der Waals surface area contributed by atoms with Gasteiger partial charge in [-0.3, -0.25) is 9.63 Å². The number of aliphatic hydroxyl groups is 1. The van der Waals surface area contributed by atoms with Crippen LogP contribution in [0.1, 0.15) is 5.56 Å². The third-order valence-corrected chi connectivity index (χ3v) is 2.27. The number of hydroxylamine groups is 2. The van der Waals surface area contributed by atoms with Gasteiger partial charge in [-0.1, -0.05) is 30.3 Å². The fourth-order valence-electron chi connectivity index (χ4n) is 1.26. The molecule has 0 saturated carbocycles. The van der Waals surface area contributed by atoms with Gasteiger partial charge < -0.3 is 15.6 Å². The SMILES string of the molecule is CON(C(=O)OCc1ccccc1)C(=O)[C@H](N)CO. The summed E-state index contributed by atoms with van der Waals surface area (Å²) in [5.41, 5.74) is 6.08. The van der Waals surface area contributed by atoms with Crippen molar-refractivity contribution in [3.63, 3.8) is 0 Å². The smallest absolute Gasteiger partial charge is 0.441 e. The monoisotopic (exact) mass is 268 g/mol. The van der Waals surface area contributed by atoms with E-state index >= 15 is 0 Å². The Balaban J connectivity index is 2.57. The molecule has 0 aromatic heterocycles. The van der Waals surface area contributed by atoms with Gasteiger partial charge in [0.2, 0.25) is 0 Å². The van der Waals surface area contributed by atoms with Crippen LogP contribution in [0.15, 0.2) is 30.3 Å². The first-order valence-electron chi connectivity index (χ1n) is 5.55. The zero-order chi connectivity index (χ0) is 14.3. The summed E-state index contributed by atoms with van der Waals surface area (Å²) < 4.78 is 4.90. The minimum absolute atomic E-state index is 0.00117. The maximum absolute atomic E-state index is 11.6. The minimum Gasteiger partial charge on any atom is -0.443 e. The van der Waals surface area contributed by atoms with Gasteiger partial charge in [-0.15, -0.1) is 5.06 Å². The highest BCUT2D eigenvalue weighted by molar-refractivity contribution is 5.93. The lowest BCUT2D eigenvalue weighted by Crippen LogP contribution is -2.48. The van der Waals surface area contributed by atoms with Crippen molar-refractivity contribution < 1.29 is 24.3 Å². The first-order valence-corrected chi connectivity index (χ1v) is 5.55. The van der Waals surface area contributed by atoms with Crippen LogP contribution in [0.5, 0.6) is 0 Å². The average Bonchev–Trinajstić information content (AvgIpc) is 2.45. The molecule has 0 radical (unpaired) electrons. The summed E-state index contributed by atoms with van der Waals surface area (Å²) in [4.78, 5) is 27.8. The Hall–Kier alpha value is -1.96. The zero-order valence-corrected chi connectivity index (χ0v) is 10.5. The van der Waals surface area contributed by atoms with Crippen LogP contribution in [-0.4, -0.2) is 41.9 Å². The Morgan fingerprint density at radius 3 is 2.53 bits per heavy atom. The molecule has 1 rings (SSSR count). The molecule has 0 unspecified atom stereocenters. The largest absolute Gasteiger partial charge is 0.443 e. The average molecular weight is 268 g/mol. The van der Waals surface area contributed by atoms with Crippen molar-refractivity contribution in [1.82, 2.24) is 5.06 Å². The van der Waals surface area contributed by atoms with E-state index in [4.69, 9.17) is 15.6 Å². The molecule has 0 fully saturated rings. The van der Waals surface area contributed by atoms with Crippen molar-refractivity contribution in [3.8, 4) is 0 Å². The standard InChI is InChI=1S/C12H16N2O5/c1-18-14(11(16)10(13)7-15)12(17)19-8-9-5-3-2-4-6-9/h2-6,10,15H,7-8,13H2,1H3/t10-/m1/s1. The predicted molar refractivity (Wildman–Crippen MR) is 65.5 cm³/mol. The lowest BCUT2D eigenvalue weighted by molar-refractivity contribution is -0.168. The fourth-order valence-corrected chi connectivity index (χ4v) is 1.26. The van der Waals surface area contributed by atoms with Crippen molar-refractivity contribution >= 4 is 12.0 Å².